The lowest BCUT2D eigenvalue weighted by molar-refractivity contribution is 0.353. The van der Waals surface area contributed by atoms with Crippen molar-refractivity contribution < 1.29 is 0 Å². The second-order valence-electron chi connectivity index (χ2n) is 5.55. The fourth-order valence-corrected chi connectivity index (χ4v) is 3.21. The first-order valence-electron chi connectivity index (χ1n) is 6.31. The van der Waals surface area contributed by atoms with Crippen LogP contribution in [0.4, 0.5) is 5.69 Å². The van der Waals surface area contributed by atoms with Gasteiger partial charge < -0.3 is 10.2 Å². The Morgan fingerprint density at radius 1 is 1.37 bits per heavy atom. The number of halogens is 2. The lowest BCUT2D eigenvalue weighted by atomic mass is 10.0. The molecule has 0 radical (unpaired) electrons. The third kappa shape index (κ3) is 2.29. The number of aromatic nitrogens is 2. The van der Waals surface area contributed by atoms with Crippen LogP contribution in [0.1, 0.15) is 13.8 Å². The van der Waals surface area contributed by atoms with Gasteiger partial charge in [0.25, 0.3) is 0 Å². The predicted molar refractivity (Wildman–Crippen MR) is 80.3 cm³/mol. The lowest BCUT2D eigenvalue weighted by Gasteiger charge is -2.40. The third-order valence-corrected chi connectivity index (χ3v) is 4.04. The van der Waals surface area contributed by atoms with Crippen LogP contribution in [0.25, 0.3) is 10.9 Å². The molecule has 2 aromatic rings. The molecule has 0 unspecified atom stereocenters. The molecule has 102 valence electrons. The van der Waals surface area contributed by atoms with Crippen molar-refractivity contribution in [3.8, 4) is 0 Å². The lowest BCUT2D eigenvalue weighted by Crippen LogP contribution is -2.57. The van der Waals surface area contributed by atoms with E-state index in [0.29, 0.717) is 5.15 Å². The molecule has 0 aliphatic carbocycles. The molecule has 19 heavy (non-hydrogen) atoms. The highest BCUT2D eigenvalue weighted by Crippen LogP contribution is 2.34. The molecule has 0 spiro atoms. The first kappa shape index (κ1) is 13.0. The largest absolute Gasteiger partial charge is 0.368 e. The van der Waals surface area contributed by atoms with Crippen LogP contribution in [0.5, 0.6) is 0 Å². The molecule has 1 aromatic heterocycles. The molecule has 0 atom stereocenters. The van der Waals surface area contributed by atoms with Gasteiger partial charge in [-0.3, -0.25) is 0 Å². The normalized spacial score (nSPS) is 19.1. The van der Waals surface area contributed by atoms with Gasteiger partial charge in [0, 0.05) is 42.6 Å². The van der Waals surface area contributed by atoms with E-state index in [2.05, 4.69) is 35.2 Å². The van der Waals surface area contributed by atoms with Crippen molar-refractivity contribution in [2.45, 2.75) is 19.4 Å². The summed E-state index contributed by atoms with van der Waals surface area (Å²) in [4.78, 5) is 2.34. The third-order valence-electron chi connectivity index (χ3n) is 3.51. The maximum Gasteiger partial charge on any atom is 0.162 e. The first-order chi connectivity index (χ1) is 8.98. The summed E-state index contributed by atoms with van der Waals surface area (Å²) in [5.41, 5.74) is 2.04. The second-order valence-corrected chi connectivity index (χ2v) is 6.23. The summed E-state index contributed by atoms with van der Waals surface area (Å²) in [5.74, 6) is 0. The van der Waals surface area contributed by atoms with Gasteiger partial charge in [0.1, 0.15) is 0 Å². The zero-order valence-corrected chi connectivity index (χ0v) is 12.5. The number of nitrogens with one attached hydrogen (secondary N) is 1. The van der Waals surface area contributed by atoms with E-state index in [0.717, 1.165) is 36.2 Å². The van der Waals surface area contributed by atoms with E-state index in [4.69, 9.17) is 23.4 Å². The van der Waals surface area contributed by atoms with Gasteiger partial charge in [-0.05, 0) is 26.0 Å². The minimum atomic E-state index is 0.0872. The van der Waals surface area contributed by atoms with Gasteiger partial charge >= 0.3 is 0 Å². The van der Waals surface area contributed by atoms with Crippen molar-refractivity contribution in [1.29, 1.82) is 0 Å². The van der Waals surface area contributed by atoms with E-state index < -0.39 is 0 Å². The van der Waals surface area contributed by atoms with Gasteiger partial charge in [0.2, 0.25) is 0 Å². The van der Waals surface area contributed by atoms with Gasteiger partial charge in [-0.25, -0.2) is 0 Å². The van der Waals surface area contributed by atoms with Gasteiger partial charge in [-0.1, -0.05) is 17.7 Å². The van der Waals surface area contributed by atoms with Gasteiger partial charge in [-0.2, -0.15) is 4.20 Å². The Hall–Kier alpha value is -0.970. The number of hydrogen-bond donors (Lipinski definition) is 1. The highest BCUT2D eigenvalue weighted by Gasteiger charge is 2.27. The molecule has 1 fully saturated rings. The molecule has 0 saturated carbocycles. The second kappa shape index (κ2) is 4.54. The average molecular weight is 299 g/mol. The molecule has 1 aliphatic heterocycles. The van der Waals surface area contributed by atoms with Gasteiger partial charge in [0.05, 0.1) is 10.9 Å². The summed E-state index contributed by atoms with van der Waals surface area (Å²) < 4.78 is 1.31. The summed E-state index contributed by atoms with van der Waals surface area (Å²) in [5, 5.41) is 8.97. The molecule has 0 bridgehead atoms. The molecule has 1 aromatic carbocycles. The van der Waals surface area contributed by atoms with Gasteiger partial charge in [-0.15, -0.1) is 5.10 Å². The Morgan fingerprint density at radius 2 is 2.16 bits per heavy atom. The maximum absolute atomic E-state index is 6.21. The van der Waals surface area contributed by atoms with E-state index in [1.165, 1.54) is 4.20 Å². The Morgan fingerprint density at radius 3 is 2.89 bits per heavy atom. The summed E-state index contributed by atoms with van der Waals surface area (Å²) in [6, 6.07) is 6.00. The number of rotatable bonds is 1. The first-order valence-corrected chi connectivity index (χ1v) is 7.03. The molecule has 4 nitrogen and oxygen atoms in total. The number of piperazine rings is 1. The Bertz CT molecular complexity index is 620. The van der Waals surface area contributed by atoms with Crippen molar-refractivity contribution in [3.05, 3.63) is 23.4 Å². The molecule has 3 rings (SSSR count). The molecule has 0 amide bonds. The molecular weight excluding hydrogens is 283 g/mol. The molecule has 1 N–H and O–H groups in total. The van der Waals surface area contributed by atoms with Crippen LogP contribution in [0.2, 0.25) is 5.15 Å². The minimum absolute atomic E-state index is 0.0872. The monoisotopic (exact) mass is 298 g/mol. The number of fused-ring (bicyclic) bond motifs is 1. The maximum atomic E-state index is 6.21. The number of hydrogen-bond acceptors (Lipinski definition) is 3. The standard InChI is InChI=1S/C13H16Cl2N4/c1-13(2)8-18(7-6-16-13)9-4-3-5-10-11(9)12(14)17-19(10)15/h3-5,16H,6-8H2,1-2H3. The average Bonchev–Trinajstić information content (AvgIpc) is 2.64. The van der Waals surface area contributed by atoms with E-state index >= 15 is 0 Å². The SMILES string of the molecule is CC1(C)CN(c2cccc3c2c(Cl)nn3Cl)CCN1. The highest BCUT2D eigenvalue weighted by molar-refractivity contribution is 6.36. The number of benzene rings is 1. The van der Waals surface area contributed by atoms with Crippen molar-refractivity contribution in [2.75, 3.05) is 24.5 Å². The van der Waals surface area contributed by atoms with E-state index in [1.54, 1.807) is 0 Å². The summed E-state index contributed by atoms with van der Waals surface area (Å²) in [6.45, 7) is 7.23. The predicted octanol–water partition coefficient (Wildman–Crippen LogP) is 2.88. The van der Waals surface area contributed by atoms with Crippen LogP contribution in [-0.4, -0.2) is 34.5 Å². The van der Waals surface area contributed by atoms with E-state index in [9.17, 15) is 0 Å². The van der Waals surface area contributed by atoms with Crippen LogP contribution in [0, 0.1) is 0 Å². The Kier molecular flexibility index (Phi) is 3.12. The number of anilines is 1. The fourth-order valence-electron chi connectivity index (χ4n) is 2.68. The molecular formula is C13H16Cl2N4. The summed E-state index contributed by atoms with van der Waals surface area (Å²) >= 11 is 12.2. The van der Waals surface area contributed by atoms with Crippen molar-refractivity contribution in [1.82, 2.24) is 14.6 Å². The van der Waals surface area contributed by atoms with E-state index in [-0.39, 0.29) is 5.54 Å². The van der Waals surface area contributed by atoms with Crippen molar-refractivity contribution in [3.63, 3.8) is 0 Å². The highest BCUT2D eigenvalue weighted by atomic mass is 35.5. The fraction of sp³-hybridized carbons (Fsp3) is 0.462. The number of nitrogens with zero attached hydrogens (tertiary/aromatic N) is 3. The van der Waals surface area contributed by atoms with Crippen LogP contribution < -0.4 is 10.2 Å². The Balaban J connectivity index is 2.10. The van der Waals surface area contributed by atoms with Crippen LogP contribution in [-0.2, 0) is 0 Å². The molecule has 1 saturated heterocycles. The summed E-state index contributed by atoms with van der Waals surface area (Å²) in [6.07, 6.45) is 0. The topological polar surface area (TPSA) is 33.1 Å². The molecule has 6 heteroatoms. The van der Waals surface area contributed by atoms with Crippen LogP contribution in [0.15, 0.2) is 18.2 Å². The van der Waals surface area contributed by atoms with Crippen molar-refractivity contribution >= 4 is 40.0 Å². The minimum Gasteiger partial charge on any atom is -0.368 e. The molecule has 1 aliphatic rings. The quantitative estimate of drug-likeness (QED) is 0.879. The Labute approximate surface area is 122 Å². The molecule has 2 heterocycles. The van der Waals surface area contributed by atoms with E-state index in [1.807, 2.05) is 12.1 Å². The zero-order valence-electron chi connectivity index (χ0n) is 11.0. The van der Waals surface area contributed by atoms with Crippen LogP contribution in [0.3, 0.4) is 0 Å². The summed E-state index contributed by atoms with van der Waals surface area (Å²) in [7, 11) is 0. The smallest absolute Gasteiger partial charge is 0.162 e. The van der Waals surface area contributed by atoms with Crippen molar-refractivity contribution in [2.24, 2.45) is 0 Å². The van der Waals surface area contributed by atoms with Crippen LogP contribution >= 0.6 is 23.4 Å². The zero-order chi connectivity index (χ0) is 13.6. The van der Waals surface area contributed by atoms with Gasteiger partial charge in [0.15, 0.2) is 5.15 Å².